The zero-order valence-electron chi connectivity index (χ0n) is 14.2. The molecule has 1 aliphatic carbocycles. The molecular formula is C19H23Cl2NO3. The van der Waals surface area contributed by atoms with Gasteiger partial charge in [-0.15, -0.1) is 0 Å². The quantitative estimate of drug-likeness (QED) is 0.770. The number of rotatable bonds is 5. The van der Waals surface area contributed by atoms with E-state index in [0.717, 1.165) is 24.9 Å². The monoisotopic (exact) mass is 383 g/mol. The van der Waals surface area contributed by atoms with Crippen LogP contribution in [0.5, 0.6) is 0 Å². The molecule has 136 valence electrons. The average molecular weight is 384 g/mol. The van der Waals surface area contributed by atoms with Crippen LogP contribution >= 0.6 is 23.2 Å². The van der Waals surface area contributed by atoms with Gasteiger partial charge in [-0.05, 0) is 42.9 Å². The topological polar surface area (TPSA) is 38.8 Å². The predicted octanol–water partition coefficient (Wildman–Crippen LogP) is 4.03. The van der Waals surface area contributed by atoms with Crippen LogP contribution in [0.15, 0.2) is 18.2 Å². The maximum absolute atomic E-state index is 12.5. The molecule has 1 atom stereocenters. The number of carbonyl (C=O) groups excluding carboxylic acids is 1. The largest absolute Gasteiger partial charge is 0.350 e. The summed E-state index contributed by atoms with van der Waals surface area (Å²) in [5.41, 5.74) is 0.917. The molecule has 1 saturated carbocycles. The molecule has 0 bridgehead atoms. The standard InChI is InChI=1S/C19H23Cl2NO3/c20-15-4-3-14(9-16(15)21)19(10-18-24-7-8-25-18)6-5-17(23)22(12-19)11-13-1-2-13/h3-4,9,13,18H,1-2,5-8,10-12H2/t19-/m1/s1. The second-order valence-corrected chi connectivity index (χ2v) is 8.32. The SMILES string of the molecule is O=C1CC[C@](CC2OCCO2)(c2ccc(Cl)c(Cl)c2)CN1CC1CC1. The highest BCUT2D eigenvalue weighted by Gasteiger charge is 2.44. The lowest BCUT2D eigenvalue weighted by atomic mass is 9.71. The highest BCUT2D eigenvalue weighted by atomic mass is 35.5. The molecule has 0 aromatic heterocycles. The molecule has 0 radical (unpaired) electrons. The van der Waals surface area contributed by atoms with E-state index < -0.39 is 0 Å². The summed E-state index contributed by atoms with van der Waals surface area (Å²) in [5, 5.41) is 1.10. The third-order valence-corrected chi connectivity index (χ3v) is 6.36. The average Bonchev–Trinajstić information content (AvgIpc) is 3.27. The molecule has 2 saturated heterocycles. The lowest BCUT2D eigenvalue weighted by molar-refractivity contribution is -0.138. The molecule has 6 heteroatoms. The fourth-order valence-corrected chi connectivity index (χ4v) is 4.30. The first-order valence-electron chi connectivity index (χ1n) is 9.02. The molecular weight excluding hydrogens is 361 g/mol. The predicted molar refractivity (Wildman–Crippen MR) is 97.0 cm³/mol. The van der Waals surface area contributed by atoms with Gasteiger partial charge in [-0.25, -0.2) is 0 Å². The number of hydrogen-bond acceptors (Lipinski definition) is 3. The fraction of sp³-hybridized carbons (Fsp3) is 0.632. The van der Waals surface area contributed by atoms with Crippen LogP contribution in [0.2, 0.25) is 10.0 Å². The summed E-state index contributed by atoms with van der Waals surface area (Å²) in [6.45, 7) is 2.83. The maximum Gasteiger partial charge on any atom is 0.222 e. The van der Waals surface area contributed by atoms with E-state index in [0.29, 0.717) is 42.1 Å². The molecule has 25 heavy (non-hydrogen) atoms. The van der Waals surface area contributed by atoms with Crippen molar-refractivity contribution in [2.24, 2.45) is 5.92 Å². The number of amides is 1. The first kappa shape index (κ1) is 17.6. The summed E-state index contributed by atoms with van der Waals surface area (Å²) in [6, 6.07) is 5.83. The Balaban J connectivity index is 1.64. The lowest BCUT2D eigenvalue weighted by Gasteiger charge is -2.44. The second-order valence-electron chi connectivity index (χ2n) is 7.50. The zero-order chi connectivity index (χ0) is 17.4. The van der Waals surface area contributed by atoms with Gasteiger partial charge in [-0.1, -0.05) is 29.3 Å². The lowest BCUT2D eigenvalue weighted by Crippen LogP contribution is -2.51. The van der Waals surface area contributed by atoms with Crippen molar-refractivity contribution in [2.45, 2.75) is 43.8 Å². The van der Waals surface area contributed by atoms with Crippen molar-refractivity contribution >= 4 is 29.1 Å². The minimum Gasteiger partial charge on any atom is -0.350 e. The number of benzene rings is 1. The number of likely N-dealkylation sites (tertiary alicyclic amines) is 1. The Kier molecular flexibility index (Phi) is 4.98. The van der Waals surface area contributed by atoms with Crippen LogP contribution in [0.4, 0.5) is 0 Å². The van der Waals surface area contributed by atoms with Gasteiger partial charge in [-0.3, -0.25) is 4.79 Å². The van der Waals surface area contributed by atoms with Crippen LogP contribution in [-0.4, -0.2) is 43.4 Å². The summed E-state index contributed by atoms with van der Waals surface area (Å²) in [4.78, 5) is 14.5. The van der Waals surface area contributed by atoms with Gasteiger partial charge < -0.3 is 14.4 Å². The minimum absolute atomic E-state index is 0.202. The smallest absolute Gasteiger partial charge is 0.222 e. The maximum atomic E-state index is 12.5. The summed E-state index contributed by atoms with van der Waals surface area (Å²) in [5.74, 6) is 0.934. The van der Waals surface area contributed by atoms with Gasteiger partial charge >= 0.3 is 0 Å². The Morgan fingerprint density at radius 1 is 1.16 bits per heavy atom. The van der Waals surface area contributed by atoms with E-state index in [1.807, 2.05) is 23.1 Å². The van der Waals surface area contributed by atoms with Gasteiger partial charge in [0.05, 0.1) is 23.3 Å². The van der Waals surface area contributed by atoms with Crippen molar-refractivity contribution in [1.29, 1.82) is 0 Å². The van der Waals surface area contributed by atoms with Crippen LogP contribution in [0, 0.1) is 5.92 Å². The van der Waals surface area contributed by atoms with Crippen molar-refractivity contribution in [3.8, 4) is 0 Å². The molecule has 1 amide bonds. The van der Waals surface area contributed by atoms with E-state index in [-0.39, 0.29) is 17.6 Å². The number of ether oxygens (including phenoxy) is 2. The zero-order valence-corrected chi connectivity index (χ0v) is 15.7. The van der Waals surface area contributed by atoms with Crippen molar-refractivity contribution in [3.63, 3.8) is 0 Å². The summed E-state index contributed by atoms with van der Waals surface area (Å²) >= 11 is 12.4. The molecule has 0 unspecified atom stereocenters. The number of halogens is 2. The van der Waals surface area contributed by atoms with Gasteiger partial charge in [-0.2, -0.15) is 0 Å². The van der Waals surface area contributed by atoms with E-state index in [1.54, 1.807) is 0 Å². The van der Waals surface area contributed by atoms with Crippen molar-refractivity contribution < 1.29 is 14.3 Å². The number of hydrogen-bond donors (Lipinski definition) is 0. The highest BCUT2D eigenvalue weighted by molar-refractivity contribution is 6.42. The Labute approximate surface area is 158 Å². The van der Waals surface area contributed by atoms with E-state index >= 15 is 0 Å². The van der Waals surface area contributed by atoms with Crippen LogP contribution in [-0.2, 0) is 19.7 Å². The van der Waals surface area contributed by atoms with E-state index in [2.05, 4.69) is 0 Å². The first-order valence-corrected chi connectivity index (χ1v) is 9.78. The van der Waals surface area contributed by atoms with Gasteiger partial charge in [0.15, 0.2) is 6.29 Å². The molecule has 0 spiro atoms. The first-order chi connectivity index (χ1) is 12.1. The highest BCUT2D eigenvalue weighted by Crippen LogP contribution is 2.43. The number of carbonyl (C=O) groups is 1. The normalized spacial score (nSPS) is 27.9. The molecule has 1 aromatic rings. The fourth-order valence-electron chi connectivity index (χ4n) is 4.01. The van der Waals surface area contributed by atoms with E-state index in [1.165, 1.54) is 12.8 Å². The third-order valence-electron chi connectivity index (χ3n) is 5.62. The number of piperidine rings is 1. The Morgan fingerprint density at radius 2 is 1.92 bits per heavy atom. The Bertz CT molecular complexity index is 658. The van der Waals surface area contributed by atoms with Crippen molar-refractivity contribution in [3.05, 3.63) is 33.8 Å². The summed E-state index contributed by atoms with van der Waals surface area (Å²) < 4.78 is 11.5. The summed E-state index contributed by atoms with van der Waals surface area (Å²) in [6.07, 6.45) is 4.33. The molecule has 3 fully saturated rings. The van der Waals surface area contributed by atoms with Crippen LogP contribution in [0.1, 0.15) is 37.7 Å². The Hall–Kier alpha value is -0.810. The van der Waals surface area contributed by atoms with E-state index in [9.17, 15) is 4.79 Å². The molecule has 0 N–H and O–H groups in total. The second kappa shape index (κ2) is 7.07. The molecule has 2 aliphatic heterocycles. The molecule has 4 rings (SSSR count). The summed E-state index contributed by atoms with van der Waals surface area (Å²) in [7, 11) is 0. The van der Waals surface area contributed by atoms with Gasteiger partial charge in [0.1, 0.15) is 0 Å². The van der Waals surface area contributed by atoms with Crippen LogP contribution < -0.4 is 0 Å². The number of nitrogens with zero attached hydrogens (tertiary/aromatic N) is 1. The Morgan fingerprint density at radius 3 is 2.60 bits per heavy atom. The molecule has 4 nitrogen and oxygen atoms in total. The van der Waals surface area contributed by atoms with Gasteiger partial charge in [0, 0.05) is 31.3 Å². The molecule has 1 aromatic carbocycles. The van der Waals surface area contributed by atoms with Crippen LogP contribution in [0.25, 0.3) is 0 Å². The van der Waals surface area contributed by atoms with Crippen molar-refractivity contribution in [1.82, 2.24) is 4.90 Å². The van der Waals surface area contributed by atoms with Gasteiger partial charge in [0.25, 0.3) is 0 Å². The third kappa shape index (κ3) is 3.82. The van der Waals surface area contributed by atoms with Gasteiger partial charge in [0.2, 0.25) is 5.91 Å². The van der Waals surface area contributed by atoms with Crippen molar-refractivity contribution in [2.75, 3.05) is 26.3 Å². The molecule has 3 aliphatic rings. The van der Waals surface area contributed by atoms with Crippen LogP contribution in [0.3, 0.4) is 0 Å². The van der Waals surface area contributed by atoms with E-state index in [4.69, 9.17) is 32.7 Å². The molecule has 2 heterocycles. The minimum atomic E-state index is -0.217.